The Bertz CT molecular complexity index is 1090. The van der Waals surface area contributed by atoms with Gasteiger partial charge >= 0.3 is 0 Å². The fourth-order valence-electron chi connectivity index (χ4n) is 2.55. The van der Waals surface area contributed by atoms with E-state index in [1.165, 1.54) is 0 Å². The molecule has 4 heterocycles. The molecule has 4 aromatic rings. The van der Waals surface area contributed by atoms with E-state index in [-0.39, 0.29) is 5.56 Å². The molecule has 4 rings (SSSR count). The molecule has 0 unspecified atom stereocenters. The van der Waals surface area contributed by atoms with E-state index < -0.39 is 0 Å². The SMILES string of the molecule is CC.CC.Cc1cn2cc(C)[nH]c(=O)c2n1.Cc1cn2nc(C)nc2c(C)n1. The van der Waals surface area contributed by atoms with E-state index in [9.17, 15) is 4.79 Å². The van der Waals surface area contributed by atoms with Crippen molar-refractivity contribution in [3.63, 3.8) is 0 Å². The molecule has 0 radical (unpaired) electrons. The van der Waals surface area contributed by atoms with Crippen molar-refractivity contribution in [2.24, 2.45) is 0 Å². The van der Waals surface area contributed by atoms with Crippen molar-refractivity contribution >= 4 is 11.3 Å². The summed E-state index contributed by atoms with van der Waals surface area (Å²) in [7, 11) is 0. The second-order valence-electron chi connectivity index (χ2n) is 5.77. The molecule has 28 heavy (non-hydrogen) atoms. The highest BCUT2D eigenvalue weighted by atomic mass is 16.1. The van der Waals surface area contributed by atoms with E-state index in [4.69, 9.17) is 0 Å². The van der Waals surface area contributed by atoms with Crippen LogP contribution in [0.2, 0.25) is 0 Å². The smallest absolute Gasteiger partial charge is 0.291 e. The van der Waals surface area contributed by atoms with Gasteiger partial charge in [-0.15, -0.1) is 0 Å². The lowest BCUT2D eigenvalue weighted by molar-refractivity contribution is 0.896. The van der Waals surface area contributed by atoms with Crippen LogP contribution in [0.4, 0.5) is 0 Å². The van der Waals surface area contributed by atoms with E-state index in [0.717, 1.165) is 34.2 Å². The van der Waals surface area contributed by atoms with Gasteiger partial charge in [0.15, 0.2) is 5.65 Å². The highest BCUT2D eigenvalue weighted by Gasteiger charge is 2.03. The minimum absolute atomic E-state index is 0.136. The van der Waals surface area contributed by atoms with Gasteiger partial charge in [0.25, 0.3) is 5.56 Å². The Morgan fingerprint density at radius 2 is 1.39 bits per heavy atom. The Hall–Kier alpha value is -3.03. The fourth-order valence-corrected chi connectivity index (χ4v) is 2.55. The molecular formula is C20H31N7O. The van der Waals surface area contributed by atoms with Crippen molar-refractivity contribution in [3.8, 4) is 0 Å². The molecule has 0 amide bonds. The molecule has 8 nitrogen and oxygen atoms in total. The number of fused-ring (bicyclic) bond motifs is 2. The number of hydrogen-bond donors (Lipinski definition) is 1. The Kier molecular flexibility index (Phi) is 8.50. The molecule has 0 aromatic carbocycles. The number of rotatable bonds is 0. The number of H-pyrrole nitrogens is 1. The van der Waals surface area contributed by atoms with Gasteiger partial charge in [-0.05, 0) is 34.6 Å². The second-order valence-corrected chi connectivity index (χ2v) is 5.77. The van der Waals surface area contributed by atoms with E-state index in [1.54, 1.807) is 8.92 Å². The maximum Gasteiger partial charge on any atom is 0.291 e. The van der Waals surface area contributed by atoms with E-state index in [1.807, 2.05) is 80.9 Å². The van der Waals surface area contributed by atoms with E-state index >= 15 is 0 Å². The zero-order valence-corrected chi connectivity index (χ0v) is 18.3. The lowest BCUT2D eigenvalue weighted by Crippen LogP contribution is -2.10. The minimum Gasteiger partial charge on any atom is -0.322 e. The molecule has 0 aliphatic carbocycles. The number of aromatic nitrogens is 7. The van der Waals surface area contributed by atoms with Gasteiger partial charge in [0, 0.05) is 18.1 Å². The first-order chi connectivity index (χ1) is 13.3. The Morgan fingerprint density at radius 1 is 0.786 bits per heavy atom. The van der Waals surface area contributed by atoms with Crippen molar-refractivity contribution in [2.75, 3.05) is 0 Å². The van der Waals surface area contributed by atoms with Gasteiger partial charge in [-0.1, -0.05) is 27.7 Å². The molecule has 1 N–H and O–H groups in total. The average molecular weight is 386 g/mol. The summed E-state index contributed by atoms with van der Waals surface area (Å²) in [5.74, 6) is 0.783. The molecule has 8 heteroatoms. The van der Waals surface area contributed by atoms with Gasteiger partial charge in [0.2, 0.25) is 5.65 Å². The number of hydrogen-bond acceptors (Lipinski definition) is 5. The molecule has 0 saturated carbocycles. The first kappa shape index (κ1) is 23.0. The highest BCUT2D eigenvalue weighted by molar-refractivity contribution is 5.42. The molecule has 0 spiro atoms. The monoisotopic (exact) mass is 385 g/mol. The van der Waals surface area contributed by atoms with Crippen LogP contribution < -0.4 is 5.56 Å². The molecule has 0 fully saturated rings. The molecule has 0 aliphatic rings. The van der Waals surface area contributed by atoms with Crippen LogP contribution in [0, 0.1) is 34.6 Å². The lowest BCUT2D eigenvalue weighted by atomic mass is 10.4. The van der Waals surface area contributed by atoms with Crippen LogP contribution in [0.5, 0.6) is 0 Å². The van der Waals surface area contributed by atoms with Crippen LogP contribution >= 0.6 is 0 Å². The largest absolute Gasteiger partial charge is 0.322 e. The first-order valence-corrected chi connectivity index (χ1v) is 9.56. The molecule has 152 valence electrons. The van der Waals surface area contributed by atoms with E-state index in [2.05, 4.69) is 25.0 Å². The highest BCUT2D eigenvalue weighted by Crippen LogP contribution is 2.05. The van der Waals surface area contributed by atoms with Crippen LogP contribution in [-0.2, 0) is 0 Å². The lowest BCUT2D eigenvalue weighted by Gasteiger charge is -1.96. The van der Waals surface area contributed by atoms with Crippen molar-refractivity contribution < 1.29 is 0 Å². The fraction of sp³-hybridized carbons (Fsp3) is 0.450. The van der Waals surface area contributed by atoms with Crippen LogP contribution in [0.15, 0.2) is 23.4 Å². The topological polar surface area (TPSA) is 93.2 Å². The number of nitrogens with one attached hydrogen (secondary N) is 1. The Balaban J connectivity index is 0.000000238. The summed E-state index contributed by atoms with van der Waals surface area (Å²) in [6, 6.07) is 0. The minimum atomic E-state index is -0.136. The summed E-state index contributed by atoms with van der Waals surface area (Å²) in [6.07, 6.45) is 5.55. The zero-order chi connectivity index (χ0) is 21.4. The Labute approximate surface area is 165 Å². The Morgan fingerprint density at radius 3 is 2.04 bits per heavy atom. The summed E-state index contributed by atoms with van der Waals surface area (Å²) < 4.78 is 3.51. The quantitative estimate of drug-likeness (QED) is 0.498. The third-order valence-electron chi connectivity index (χ3n) is 3.41. The molecule has 0 aliphatic heterocycles. The van der Waals surface area contributed by atoms with Gasteiger partial charge in [0.05, 0.1) is 23.3 Å². The van der Waals surface area contributed by atoms with Crippen molar-refractivity contribution in [1.29, 1.82) is 0 Å². The zero-order valence-electron chi connectivity index (χ0n) is 18.3. The molecule has 0 saturated heterocycles. The van der Waals surface area contributed by atoms with Gasteiger partial charge in [-0.3, -0.25) is 9.78 Å². The van der Waals surface area contributed by atoms with Crippen LogP contribution in [0.1, 0.15) is 56.3 Å². The molecule has 0 atom stereocenters. The number of nitrogens with zero attached hydrogens (tertiary/aromatic N) is 6. The van der Waals surface area contributed by atoms with Gasteiger partial charge in [0.1, 0.15) is 5.82 Å². The summed E-state index contributed by atoms with van der Waals surface area (Å²) in [5.41, 5.74) is 4.75. The third kappa shape index (κ3) is 5.48. The van der Waals surface area contributed by atoms with Gasteiger partial charge in [-0.25, -0.2) is 14.5 Å². The van der Waals surface area contributed by atoms with Crippen molar-refractivity contribution in [3.05, 3.63) is 57.5 Å². The number of aryl methyl sites for hydroxylation is 5. The summed E-state index contributed by atoms with van der Waals surface area (Å²) in [6.45, 7) is 17.5. The molecule has 4 aromatic heterocycles. The standard InChI is InChI=1S/C8H10N4.C8H9N3O.2C2H6/c1-5-4-12-8(6(2)9-5)10-7(3)11-12;1-5-3-11-4-6(2)10-8(12)7(11)9-5;2*1-2/h4H,1-3H3;3-4H,1-2H3,(H,10,12);2*1-2H3. The van der Waals surface area contributed by atoms with Crippen molar-refractivity contribution in [2.45, 2.75) is 62.3 Å². The van der Waals surface area contributed by atoms with Crippen LogP contribution in [0.3, 0.4) is 0 Å². The number of imidazole rings is 1. The van der Waals surface area contributed by atoms with Crippen LogP contribution in [-0.4, -0.2) is 34.0 Å². The summed E-state index contributed by atoms with van der Waals surface area (Å²) >= 11 is 0. The average Bonchev–Trinajstić information content (AvgIpc) is 3.21. The first-order valence-electron chi connectivity index (χ1n) is 9.56. The van der Waals surface area contributed by atoms with E-state index in [0.29, 0.717) is 5.65 Å². The van der Waals surface area contributed by atoms with Crippen LogP contribution in [0.25, 0.3) is 11.3 Å². The predicted molar refractivity (Wildman–Crippen MR) is 113 cm³/mol. The number of aromatic amines is 1. The third-order valence-corrected chi connectivity index (χ3v) is 3.41. The molecular weight excluding hydrogens is 354 g/mol. The van der Waals surface area contributed by atoms with Gasteiger partial charge in [-0.2, -0.15) is 5.10 Å². The second kappa shape index (κ2) is 10.3. The maximum absolute atomic E-state index is 11.3. The van der Waals surface area contributed by atoms with Gasteiger partial charge < -0.3 is 9.38 Å². The normalized spacial score (nSPS) is 9.75. The maximum atomic E-state index is 11.3. The summed E-state index contributed by atoms with van der Waals surface area (Å²) in [5, 5.41) is 4.20. The predicted octanol–water partition coefficient (Wildman–Crippen LogP) is 3.74. The summed E-state index contributed by atoms with van der Waals surface area (Å²) in [4.78, 5) is 26.6. The van der Waals surface area contributed by atoms with Crippen molar-refractivity contribution in [1.82, 2.24) is 34.0 Å². The molecule has 0 bridgehead atoms.